The lowest BCUT2D eigenvalue weighted by Crippen LogP contribution is -1.93. The summed E-state index contributed by atoms with van der Waals surface area (Å²) in [5.74, 6) is -2.38. The molecule has 0 saturated carbocycles. The summed E-state index contributed by atoms with van der Waals surface area (Å²) < 4.78 is 89.2. The predicted molar refractivity (Wildman–Crippen MR) is 120 cm³/mol. The van der Waals surface area contributed by atoms with Crippen LogP contribution in [0.25, 0.3) is 0 Å². The quantitative estimate of drug-likeness (QED) is 0.215. The number of rotatable bonds is 7. The van der Waals surface area contributed by atoms with Gasteiger partial charge < -0.3 is 0 Å². The van der Waals surface area contributed by atoms with Crippen molar-refractivity contribution in [3.63, 3.8) is 0 Å². The Morgan fingerprint density at radius 2 is 1.31 bits per heavy atom. The van der Waals surface area contributed by atoms with Crippen LogP contribution < -0.4 is 0 Å². The molecule has 3 unspecified atom stereocenters. The zero-order valence-corrected chi connectivity index (χ0v) is 21.6. The van der Waals surface area contributed by atoms with Crippen molar-refractivity contribution < 1.29 is 45.2 Å². The van der Waals surface area contributed by atoms with Gasteiger partial charge in [0.1, 0.15) is 23.3 Å². The lowest BCUT2D eigenvalue weighted by Gasteiger charge is -1.97. The van der Waals surface area contributed by atoms with E-state index in [0.717, 1.165) is 12.1 Å². The predicted octanol–water partition coefficient (Wildman–Crippen LogP) is 6.98. The van der Waals surface area contributed by atoms with E-state index in [9.17, 15) is 26.7 Å². The largest absolute Gasteiger partial charge is 0.513 e. The number of hydrogen-bond donors (Lipinski definition) is 1. The molecule has 0 aromatic heterocycles. The molecule has 14 heteroatoms. The number of alkyl halides is 1. The van der Waals surface area contributed by atoms with Crippen LogP contribution in [0.5, 0.6) is 0 Å². The molecule has 0 spiro atoms. The molecule has 0 heterocycles. The minimum Gasteiger partial charge on any atom is -0.207 e. The first kappa shape index (κ1) is 33.0. The first-order valence-electron chi connectivity index (χ1n) is 8.73. The molecule has 2 rings (SSSR count). The maximum atomic E-state index is 13.0. The Morgan fingerprint density at radius 1 is 0.906 bits per heavy atom. The summed E-state index contributed by atoms with van der Waals surface area (Å²) in [6.45, 7) is 4.28. The molecule has 0 aliphatic heterocycles. The van der Waals surface area contributed by atoms with E-state index in [1.54, 1.807) is 13.8 Å². The molecule has 178 valence electrons. The van der Waals surface area contributed by atoms with Gasteiger partial charge in [-0.25, -0.2) is 17.6 Å². The van der Waals surface area contributed by atoms with Crippen LogP contribution in [0.4, 0.5) is 17.6 Å². The van der Waals surface area contributed by atoms with E-state index in [1.807, 2.05) is 0 Å². The van der Waals surface area contributed by atoms with Gasteiger partial charge in [-0.15, -0.1) is 9.05 Å². The van der Waals surface area contributed by atoms with Crippen molar-refractivity contribution >= 4 is 41.3 Å². The molecule has 0 amide bonds. The van der Waals surface area contributed by atoms with Gasteiger partial charge in [0.25, 0.3) is 0 Å². The van der Waals surface area contributed by atoms with E-state index in [2.05, 4.69) is 20.5 Å². The molecule has 32 heavy (non-hydrogen) atoms. The van der Waals surface area contributed by atoms with Crippen LogP contribution in [0.15, 0.2) is 36.4 Å². The third kappa shape index (κ3) is 15.6. The van der Waals surface area contributed by atoms with Crippen LogP contribution in [0, 0.1) is 23.3 Å². The van der Waals surface area contributed by atoms with Gasteiger partial charge in [-0.1, -0.05) is 28.1 Å². The topological polar surface area (TPSA) is 89.9 Å². The smallest absolute Gasteiger partial charge is 0.207 e. The molecule has 6 nitrogen and oxygen atoms in total. The summed E-state index contributed by atoms with van der Waals surface area (Å²) in [4.78, 5) is 7.04. The molecule has 0 radical (unpaired) electrons. The molecule has 3 atom stereocenters. The second kappa shape index (κ2) is 21.7. The van der Waals surface area contributed by atoms with Gasteiger partial charge in [0.2, 0.25) is 6.16 Å². The van der Waals surface area contributed by atoms with Crippen LogP contribution >= 0.6 is 41.3 Å². The monoisotopic (exact) mass is 583 g/mol. The van der Waals surface area contributed by atoms with Gasteiger partial charge in [-0.2, -0.15) is 4.89 Å². The summed E-state index contributed by atoms with van der Waals surface area (Å²) in [6, 6.07) is 7.35. The molecular formula is C18H23BrF4O6P3+3. The van der Waals surface area contributed by atoms with Gasteiger partial charge in [0, 0.05) is 10.9 Å². The van der Waals surface area contributed by atoms with E-state index in [4.69, 9.17) is 14.0 Å². The number of hydrogen-bond acceptors (Lipinski definition) is 5. The highest BCUT2D eigenvalue weighted by molar-refractivity contribution is 9.08. The van der Waals surface area contributed by atoms with Gasteiger partial charge in [0.15, 0.2) is 0 Å². The molecule has 0 bridgehead atoms. The summed E-state index contributed by atoms with van der Waals surface area (Å²) >= 11 is 2.98. The van der Waals surface area contributed by atoms with E-state index < -0.39 is 48.7 Å². The molecule has 2 aromatic carbocycles. The molecule has 0 aliphatic rings. The maximum Gasteiger partial charge on any atom is 0.513 e. The zero-order chi connectivity index (χ0) is 24.9. The Morgan fingerprint density at radius 3 is 1.56 bits per heavy atom. The fourth-order valence-corrected chi connectivity index (χ4v) is 3.31. The fourth-order valence-electron chi connectivity index (χ4n) is 1.72. The van der Waals surface area contributed by atoms with Crippen LogP contribution in [0.1, 0.15) is 25.0 Å². The van der Waals surface area contributed by atoms with Crippen LogP contribution in [0.3, 0.4) is 0 Å². The van der Waals surface area contributed by atoms with E-state index in [0.29, 0.717) is 6.61 Å². The average Bonchev–Trinajstić information content (AvgIpc) is 2.73. The molecular weight excluding hydrogens is 561 g/mol. The molecule has 0 saturated heterocycles. The Bertz CT molecular complexity index is 793. The highest BCUT2D eigenvalue weighted by Gasteiger charge is 2.22. The minimum atomic E-state index is -2.02. The molecule has 0 fully saturated rings. The second-order valence-corrected chi connectivity index (χ2v) is 7.49. The van der Waals surface area contributed by atoms with Gasteiger partial charge in [-0.3, -0.25) is 0 Å². The highest BCUT2D eigenvalue weighted by Crippen LogP contribution is 2.30. The van der Waals surface area contributed by atoms with Gasteiger partial charge in [-0.05, 0) is 51.8 Å². The number of halogens is 5. The lowest BCUT2D eigenvalue weighted by molar-refractivity contribution is 0.349. The summed E-state index contributed by atoms with van der Waals surface area (Å²) in [7, 11) is -3.78. The first-order chi connectivity index (χ1) is 15.2. The minimum absolute atomic E-state index is 0.0856. The van der Waals surface area contributed by atoms with E-state index in [1.165, 1.54) is 24.3 Å². The summed E-state index contributed by atoms with van der Waals surface area (Å²) in [6.07, 6.45) is -0.221. The summed E-state index contributed by atoms with van der Waals surface area (Å²) in [5.41, 5.74) is -0.0930. The van der Waals surface area contributed by atoms with Crippen LogP contribution in [0.2, 0.25) is 0 Å². The van der Waals surface area contributed by atoms with Crippen molar-refractivity contribution in [2.24, 2.45) is 0 Å². The molecule has 0 aliphatic carbocycles. The standard InChI is InChI=1S/C9H10F2O2P.C7H5BrF2.C2H6O2P.HO2P/c1-2-13-14(12)6-7-8(10)4-3-5-9(7)11;8-4-5-6(9)2-1-3-7(5)10;1-2-4-5-3;1-3-2/h3-5H,2,6H2,1H3;1-3H,4H2;5H,2H2,1H3;3H/q+1;;+1;/p+1. The summed E-state index contributed by atoms with van der Waals surface area (Å²) in [5, 5.41) is 0.214. The van der Waals surface area contributed by atoms with Crippen molar-refractivity contribution in [1.82, 2.24) is 0 Å². The van der Waals surface area contributed by atoms with E-state index >= 15 is 0 Å². The SMILES string of the molecule is CCO[P+](=O)Cc1c(F)cccc1F.CCO[PH+]=O.Fc1cccc(F)c1CBr.O=[PH+]O. The Labute approximate surface area is 195 Å². The molecule has 2 aromatic rings. The fraction of sp³-hybridized carbons (Fsp3) is 0.333. The molecule has 1 N–H and O–H groups in total. The maximum absolute atomic E-state index is 13.0. The van der Waals surface area contributed by atoms with Crippen molar-refractivity contribution in [2.45, 2.75) is 25.3 Å². The van der Waals surface area contributed by atoms with Crippen LogP contribution in [-0.2, 0) is 34.2 Å². The highest BCUT2D eigenvalue weighted by atomic mass is 79.9. The average molecular weight is 584 g/mol. The van der Waals surface area contributed by atoms with Crippen molar-refractivity contribution in [1.29, 1.82) is 0 Å². The van der Waals surface area contributed by atoms with Gasteiger partial charge in [0.05, 0.1) is 18.8 Å². The Kier molecular flexibility index (Phi) is 22.3. The Balaban J connectivity index is 0. The lowest BCUT2D eigenvalue weighted by atomic mass is 10.2. The zero-order valence-electron chi connectivity index (χ0n) is 17.1. The third-order valence-electron chi connectivity index (χ3n) is 3.02. The second-order valence-electron chi connectivity index (χ2n) is 5.05. The Hall–Kier alpha value is -1.18. The van der Waals surface area contributed by atoms with E-state index in [-0.39, 0.29) is 29.2 Å². The van der Waals surface area contributed by atoms with Crippen molar-refractivity contribution in [2.75, 3.05) is 13.2 Å². The van der Waals surface area contributed by atoms with Gasteiger partial charge >= 0.3 is 25.4 Å². The van der Waals surface area contributed by atoms with Crippen molar-refractivity contribution in [3.8, 4) is 0 Å². The number of benzene rings is 2. The first-order valence-corrected chi connectivity index (χ1v) is 12.9. The normalized spacial score (nSPS) is 10.2. The van der Waals surface area contributed by atoms with Crippen LogP contribution in [-0.4, -0.2) is 18.1 Å². The van der Waals surface area contributed by atoms with Crippen molar-refractivity contribution in [3.05, 3.63) is 70.8 Å². The third-order valence-corrected chi connectivity index (χ3v) is 5.11.